The van der Waals surface area contributed by atoms with Gasteiger partial charge >= 0.3 is 0 Å². The molecule has 0 aliphatic heterocycles. The second-order valence-electron chi connectivity index (χ2n) is 4.49. The van der Waals surface area contributed by atoms with E-state index in [4.69, 9.17) is 27.6 Å². The van der Waals surface area contributed by atoms with Gasteiger partial charge in [0.15, 0.2) is 0 Å². The van der Waals surface area contributed by atoms with E-state index in [-0.39, 0.29) is 0 Å². The molecule has 0 atom stereocenters. The Morgan fingerprint density at radius 2 is 2.00 bits per heavy atom. The number of aryl methyl sites for hydroxylation is 1. The van der Waals surface area contributed by atoms with Crippen molar-refractivity contribution in [3.05, 3.63) is 55.8 Å². The molecule has 2 heterocycles. The number of benzene rings is 1. The van der Waals surface area contributed by atoms with Crippen molar-refractivity contribution in [2.45, 2.75) is 24.3 Å². The maximum absolute atomic E-state index is 6.14. The summed E-state index contributed by atoms with van der Waals surface area (Å²) in [7, 11) is 0. The van der Waals surface area contributed by atoms with Crippen molar-refractivity contribution in [3.63, 3.8) is 0 Å². The van der Waals surface area contributed by atoms with Crippen LogP contribution in [-0.2, 0) is 12.2 Å². The first-order valence-electron chi connectivity index (χ1n) is 6.41. The van der Waals surface area contributed by atoms with Crippen LogP contribution in [0.3, 0.4) is 0 Å². The van der Waals surface area contributed by atoms with Crippen LogP contribution in [0, 0.1) is 6.92 Å². The van der Waals surface area contributed by atoms with Crippen LogP contribution in [0.1, 0.15) is 22.2 Å². The molecule has 0 aliphatic rings. The Hall–Kier alpha value is -1.08. The van der Waals surface area contributed by atoms with Gasteiger partial charge in [0.05, 0.1) is 17.1 Å². The lowest BCUT2D eigenvalue weighted by atomic mass is 10.2. The van der Waals surface area contributed by atoms with Crippen LogP contribution in [-0.4, -0.2) is 15.2 Å². The zero-order valence-corrected chi connectivity index (χ0v) is 14.7. The number of hydrogen-bond donors (Lipinski definition) is 0. The number of nitrogens with zero attached hydrogens (tertiary/aromatic N) is 3. The molecule has 0 spiro atoms. The van der Waals surface area contributed by atoms with Crippen molar-refractivity contribution >= 4 is 46.3 Å². The molecule has 4 nitrogen and oxygen atoms in total. The Kier molecular flexibility index (Phi) is 5.03. The molecule has 114 valence electrons. The van der Waals surface area contributed by atoms with Gasteiger partial charge in [-0.25, -0.2) is 4.98 Å². The summed E-state index contributed by atoms with van der Waals surface area (Å²) < 4.78 is 5.62. The third-order valence-corrected chi connectivity index (χ3v) is 5.22. The van der Waals surface area contributed by atoms with Crippen molar-refractivity contribution in [2.75, 3.05) is 0 Å². The van der Waals surface area contributed by atoms with Gasteiger partial charge < -0.3 is 4.42 Å². The fourth-order valence-corrected chi connectivity index (χ4v) is 3.95. The minimum atomic E-state index is 0.498. The highest BCUT2D eigenvalue weighted by atomic mass is 35.5. The van der Waals surface area contributed by atoms with E-state index in [1.807, 2.05) is 30.5 Å². The number of halogens is 2. The van der Waals surface area contributed by atoms with Crippen molar-refractivity contribution in [1.82, 2.24) is 15.2 Å². The zero-order valence-electron chi connectivity index (χ0n) is 11.5. The smallest absolute Gasteiger partial charge is 0.276 e. The molecular formula is C14H11Cl2N3OS2. The maximum Gasteiger partial charge on any atom is 0.276 e. The van der Waals surface area contributed by atoms with E-state index in [9.17, 15) is 0 Å². The molecule has 2 aromatic heterocycles. The molecule has 0 fully saturated rings. The summed E-state index contributed by atoms with van der Waals surface area (Å²) in [5.74, 6) is 1.13. The van der Waals surface area contributed by atoms with Crippen LogP contribution < -0.4 is 0 Å². The van der Waals surface area contributed by atoms with E-state index >= 15 is 0 Å². The number of thioether (sulfide) groups is 1. The largest absolute Gasteiger partial charge is 0.416 e. The summed E-state index contributed by atoms with van der Waals surface area (Å²) in [6.45, 7) is 1.97. The SMILES string of the molecule is Cc1nc(Cc2nnc(SCc3c(Cl)cccc3Cl)o2)cs1. The summed E-state index contributed by atoms with van der Waals surface area (Å²) in [5, 5.41) is 12.9. The Labute approximate surface area is 145 Å². The average molecular weight is 372 g/mol. The summed E-state index contributed by atoms with van der Waals surface area (Å²) in [6.07, 6.45) is 0.546. The second-order valence-corrected chi connectivity index (χ2v) is 7.29. The summed E-state index contributed by atoms with van der Waals surface area (Å²) in [5.41, 5.74) is 1.81. The van der Waals surface area contributed by atoms with Crippen LogP contribution in [0.25, 0.3) is 0 Å². The van der Waals surface area contributed by atoms with Crippen LogP contribution in [0.5, 0.6) is 0 Å². The number of hydrogen-bond acceptors (Lipinski definition) is 6. The van der Waals surface area contributed by atoms with E-state index in [0.29, 0.717) is 33.3 Å². The fourth-order valence-electron chi connectivity index (χ4n) is 1.82. The van der Waals surface area contributed by atoms with Crippen molar-refractivity contribution in [1.29, 1.82) is 0 Å². The molecular weight excluding hydrogens is 361 g/mol. The fraction of sp³-hybridized carbons (Fsp3) is 0.214. The number of rotatable bonds is 5. The third-order valence-electron chi connectivity index (χ3n) is 2.85. The first-order chi connectivity index (χ1) is 10.6. The molecule has 22 heavy (non-hydrogen) atoms. The topological polar surface area (TPSA) is 51.8 Å². The standard InChI is InChI=1S/C14H11Cl2N3OS2/c1-8-17-9(6-21-8)5-13-18-19-14(20-13)22-7-10-11(15)3-2-4-12(10)16/h2-4,6H,5,7H2,1H3. The molecule has 0 saturated carbocycles. The normalized spacial score (nSPS) is 11.0. The molecule has 0 amide bonds. The summed E-state index contributed by atoms with van der Waals surface area (Å²) in [6, 6.07) is 5.44. The van der Waals surface area contributed by atoms with Gasteiger partial charge in [0.1, 0.15) is 0 Å². The van der Waals surface area contributed by atoms with E-state index in [0.717, 1.165) is 16.3 Å². The summed E-state index contributed by atoms with van der Waals surface area (Å²) >= 11 is 15.3. The maximum atomic E-state index is 6.14. The van der Waals surface area contributed by atoms with E-state index in [1.54, 1.807) is 11.3 Å². The van der Waals surface area contributed by atoms with Gasteiger partial charge in [-0.2, -0.15) is 0 Å². The molecule has 8 heteroatoms. The molecule has 0 N–H and O–H groups in total. The predicted molar refractivity (Wildman–Crippen MR) is 90.0 cm³/mol. The van der Waals surface area contributed by atoms with Crippen LogP contribution >= 0.6 is 46.3 Å². The highest BCUT2D eigenvalue weighted by Gasteiger charge is 2.12. The molecule has 0 unspecified atom stereocenters. The van der Waals surface area contributed by atoms with Crippen LogP contribution in [0.2, 0.25) is 10.0 Å². The van der Waals surface area contributed by atoms with Crippen molar-refractivity contribution < 1.29 is 4.42 Å². The first-order valence-corrected chi connectivity index (χ1v) is 9.03. The van der Waals surface area contributed by atoms with Crippen LogP contribution in [0.4, 0.5) is 0 Å². The molecule has 3 aromatic rings. The Morgan fingerprint density at radius 3 is 2.68 bits per heavy atom. The average Bonchev–Trinajstić information content (AvgIpc) is 3.08. The van der Waals surface area contributed by atoms with Gasteiger partial charge in [0.25, 0.3) is 5.22 Å². The van der Waals surface area contributed by atoms with Crippen molar-refractivity contribution in [2.24, 2.45) is 0 Å². The zero-order chi connectivity index (χ0) is 15.5. The number of thiazole rings is 1. The van der Waals surface area contributed by atoms with E-state index in [1.165, 1.54) is 11.8 Å². The lowest BCUT2D eigenvalue weighted by Crippen LogP contribution is -1.88. The lowest BCUT2D eigenvalue weighted by molar-refractivity contribution is 0.419. The minimum absolute atomic E-state index is 0.498. The summed E-state index contributed by atoms with van der Waals surface area (Å²) in [4.78, 5) is 4.38. The predicted octanol–water partition coefficient (Wildman–Crippen LogP) is 5.02. The molecule has 0 saturated heterocycles. The van der Waals surface area contributed by atoms with Gasteiger partial charge in [-0.05, 0) is 24.6 Å². The van der Waals surface area contributed by atoms with Gasteiger partial charge in [0, 0.05) is 21.2 Å². The van der Waals surface area contributed by atoms with Crippen LogP contribution in [0.15, 0.2) is 33.2 Å². The van der Waals surface area contributed by atoms with Gasteiger partial charge in [-0.1, -0.05) is 41.0 Å². The third kappa shape index (κ3) is 3.81. The highest BCUT2D eigenvalue weighted by Crippen LogP contribution is 2.31. The molecule has 0 bridgehead atoms. The lowest BCUT2D eigenvalue weighted by Gasteiger charge is -2.04. The minimum Gasteiger partial charge on any atom is -0.416 e. The van der Waals surface area contributed by atoms with Gasteiger partial charge in [0.2, 0.25) is 5.89 Å². The Morgan fingerprint density at radius 1 is 1.23 bits per heavy atom. The van der Waals surface area contributed by atoms with E-state index in [2.05, 4.69) is 15.2 Å². The molecule has 1 aromatic carbocycles. The quantitative estimate of drug-likeness (QED) is 0.589. The first kappa shape index (κ1) is 15.8. The van der Waals surface area contributed by atoms with Crippen molar-refractivity contribution in [3.8, 4) is 0 Å². The van der Waals surface area contributed by atoms with Gasteiger partial charge in [-0.15, -0.1) is 21.5 Å². The Balaban J connectivity index is 1.64. The second kappa shape index (κ2) is 7.00. The molecule has 0 radical (unpaired) electrons. The number of aromatic nitrogens is 3. The monoisotopic (exact) mass is 371 g/mol. The Bertz CT molecular complexity index is 768. The van der Waals surface area contributed by atoms with E-state index < -0.39 is 0 Å². The van der Waals surface area contributed by atoms with Gasteiger partial charge in [-0.3, -0.25) is 0 Å². The molecule has 0 aliphatic carbocycles. The highest BCUT2D eigenvalue weighted by molar-refractivity contribution is 7.98. The molecule has 3 rings (SSSR count).